The van der Waals surface area contributed by atoms with E-state index >= 15 is 0 Å². The van der Waals surface area contributed by atoms with Crippen molar-refractivity contribution in [3.8, 4) is 0 Å². The van der Waals surface area contributed by atoms with Gasteiger partial charge in [-0.3, -0.25) is 28.4 Å². The van der Waals surface area contributed by atoms with E-state index in [0.29, 0.717) is 63.1 Å². The number of fused-ring (bicyclic) bond motifs is 3. The lowest BCUT2D eigenvalue weighted by Crippen LogP contribution is -2.36. The summed E-state index contributed by atoms with van der Waals surface area (Å²) in [6.07, 6.45) is 8.23. The number of nitrogens with zero attached hydrogens (tertiary/aromatic N) is 5. The molecule has 9 rings (SSSR count). The number of rotatable bonds is 17. The highest BCUT2D eigenvalue weighted by molar-refractivity contribution is 7.12. The quantitative estimate of drug-likeness (QED) is 0.0711. The first-order valence-electron chi connectivity index (χ1n) is 23.2. The number of carbonyl (C=O) groups is 3. The van der Waals surface area contributed by atoms with Gasteiger partial charge >= 0.3 is 12.1 Å². The van der Waals surface area contributed by atoms with Gasteiger partial charge in [-0.25, -0.2) is 19.6 Å². The molecular formula is C50H58N8O7S. The van der Waals surface area contributed by atoms with Gasteiger partial charge in [-0.2, -0.15) is 0 Å². The Kier molecular flexibility index (Phi) is 12.6. The number of aliphatic carboxylic acids is 1. The van der Waals surface area contributed by atoms with E-state index in [1.807, 2.05) is 63.2 Å². The van der Waals surface area contributed by atoms with Crippen LogP contribution in [0.25, 0.3) is 0 Å². The number of nitrogens with one attached hydrogen (secondary N) is 3. The zero-order chi connectivity index (χ0) is 46.3. The minimum atomic E-state index is -1.00. The van der Waals surface area contributed by atoms with E-state index in [1.54, 1.807) is 33.2 Å². The molecule has 0 spiro atoms. The van der Waals surface area contributed by atoms with Crippen LogP contribution in [-0.4, -0.2) is 52.7 Å². The van der Waals surface area contributed by atoms with E-state index in [0.717, 1.165) is 64.2 Å². The molecule has 16 heteroatoms. The Labute approximate surface area is 387 Å². The molecule has 66 heavy (non-hydrogen) atoms. The fraction of sp³-hybridized carbons (Fsp3) is 0.460. The lowest BCUT2D eigenvalue weighted by atomic mass is 9.98. The molecule has 1 saturated carbocycles. The molecule has 346 valence electrons. The molecule has 3 aliphatic heterocycles. The van der Waals surface area contributed by atoms with Crippen LogP contribution in [0.4, 0.5) is 16.4 Å². The number of hydrogen-bond donors (Lipinski definition) is 4. The summed E-state index contributed by atoms with van der Waals surface area (Å²) in [6, 6.07) is 18.6. The number of carbonyl (C=O) groups excluding carboxylic acids is 2. The number of ether oxygens (including phenoxy) is 1. The average Bonchev–Trinajstić information content (AvgIpc) is 3.69. The Bertz CT molecular complexity index is 2740. The third kappa shape index (κ3) is 9.37. The Morgan fingerprint density at radius 1 is 0.773 bits per heavy atom. The van der Waals surface area contributed by atoms with Crippen molar-refractivity contribution in [1.82, 2.24) is 29.3 Å². The third-order valence-corrected chi connectivity index (χ3v) is 15.0. The van der Waals surface area contributed by atoms with Crippen LogP contribution in [0.1, 0.15) is 134 Å². The second-order valence-corrected chi connectivity index (χ2v) is 20.2. The van der Waals surface area contributed by atoms with Crippen LogP contribution in [-0.2, 0) is 53.5 Å². The number of benzene rings is 2. The van der Waals surface area contributed by atoms with Gasteiger partial charge in [0.05, 0.1) is 19.6 Å². The van der Waals surface area contributed by atoms with Gasteiger partial charge in [0.25, 0.3) is 11.1 Å². The molecule has 1 aliphatic carbocycles. The normalized spacial score (nSPS) is 21.5. The van der Waals surface area contributed by atoms with Gasteiger partial charge < -0.3 is 25.8 Å². The number of hydrogen-bond acceptors (Lipinski definition) is 11. The van der Waals surface area contributed by atoms with Crippen LogP contribution in [0.2, 0.25) is 0 Å². The molecule has 0 radical (unpaired) electrons. The predicted molar refractivity (Wildman–Crippen MR) is 251 cm³/mol. The molecule has 4 N–H and O–H groups in total. The summed E-state index contributed by atoms with van der Waals surface area (Å²) >= 11 is 1.58. The van der Waals surface area contributed by atoms with Gasteiger partial charge in [-0.15, -0.1) is 11.3 Å². The second kappa shape index (κ2) is 18.5. The highest BCUT2D eigenvalue weighted by atomic mass is 32.1. The van der Waals surface area contributed by atoms with Crippen molar-refractivity contribution in [3.05, 3.63) is 137 Å². The minimum Gasteiger partial charge on any atom is -0.480 e. The van der Waals surface area contributed by atoms with Gasteiger partial charge in [-0.05, 0) is 98.9 Å². The van der Waals surface area contributed by atoms with Crippen LogP contribution >= 0.6 is 11.3 Å². The maximum Gasteiger partial charge on any atom is 0.410 e. The summed E-state index contributed by atoms with van der Waals surface area (Å²) in [6.45, 7) is 10.1. The summed E-state index contributed by atoms with van der Waals surface area (Å²) < 4.78 is 9.14. The summed E-state index contributed by atoms with van der Waals surface area (Å²) in [5.74, 6) is 0.157. The fourth-order valence-electron chi connectivity index (χ4n) is 10.3. The molecular weight excluding hydrogens is 857 g/mol. The van der Waals surface area contributed by atoms with Gasteiger partial charge in [-0.1, -0.05) is 68.4 Å². The Morgan fingerprint density at radius 3 is 2.05 bits per heavy atom. The van der Waals surface area contributed by atoms with Crippen molar-refractivity contribution in [2.45, 2.75) is 135 Å². The summed E-state index contributed by atoms with van der Waals surface area (Å²) in [5, 5.41) is 19.2. The number of thiophene rings is 1. The van der Waals surface area contributed by atoms with Crippen LogP contribution in [0.15, 0.2) is 82.6 Å². The number of amides is 2. The maximum absolute atomic E-state index is 13.7. The first-order chi connectivity index (χ1) is 31.8. The van der Waals surface area contributed by atoms with Crippen molar-refractivity contribution in [3.63, 3.8) is 0 Å². The van der Waals surface area contributed by atoms with Gasteiger partial charge in [0.15, 0.2) is 11.6 Å². The maximum atomic E-state index is 13.7. The number of carboxylic acids is 1. The highest BCUT2D eigenvalue weighted by Crippen LogP contribution is 2.47. The first-order valence-corrected chi connectivity index (χ1v) is 24.0. The molecule has 1 fully saturated rings. The molecule has 3 aromatic heterocycles. The van der Waals surface area contributed by atoms with Crippen molar-refractivity contribution in [2.24, 2.45) is 11.8 Å². The Hall–Kier alpha value is -6.29. The van der Waals surface area contributed by atoms with Crippen molar-refractivity contribution in [1.29, 1.82) is 0 Å². The smallest absolute Gasteiger partial charge is 0.410 e. The molecule has 15 nitrogen and oxygen atoms in total. The van der Waals surface area contributed by atoms with Crippen LogP contribution in [0.3, 0.4) is 0 Å². The largest absolute Gasteiger partial charge is 0.480 e. The fourth-order valence-corrected chi connectivity index (χ4v) is 11.4. The van der Waals surface area contributed by atoms with Crippen molar-refractivity contribution < 1.29 is 24.2 Å². The van der Waals surface area contributed by atoms with Crippen molar-refractivity contribution >= 4 is 40.9 Å². The van der Waals surface area contributed by atoms with E-state index in [9.17, 15) is 29.1 Å². The van der Waals surface area contributed by atoms with E-state index in [-0.39, 0.29) is 41.0 Å². The zero-order valence-corrected chi connectivity index (χ0v) is 38.7. The SMILES string of the molecule is CC[C@H]1C[C@@H](C(=O)O)n2c1cnc(NCc1cccc(CC3C[C@@H]3CC(C)(C)OC(=O)N3Cc4cc(CNC(=O)[C@@H]5C[C@H](CC)c6cnc(NCc7ccccc7)c(=O)n65)sc4C3)c1)c2=O. The first kappa shape index (κ1) is 44.9. The monoisotopic (exact) mass is 914 g/mol. The Balaban J connectivity index is 0.731. The van der Waals surface area contributed by atoms with Gasteiger partial charge in [0, 0.05) is 58.5 Å². The van der Waals surface area contributed by atoms with E-state index < -0.39 is 29.2 Å². The summed E-state index contributed by atoms with van der Waals surface area (Å²) in [4.78, 5) is 78.7. The van der Waals surface area contributed by atoms with Gasteiger partial charge in [0.1, 0.15) is 17.7 Å². The average molecular weight is 915 g/mol. The molecule has 6 heterocycles. The lowest BCUT2D eigenvalue weighted by molar-refractivity contribution is -0.140. The van der Waals surface area contributed by atoms with E-state index in [2.05, 4.69) is 51.0 Å². The predicted octanol–water partition coefficient (Wildman–Crippen LogP) is 7.86. The molecule has 5 aromatic rings. The molecule has 6 atom stereocenters. The van der Waals surface area contributed by atoms with Crippen LogP contribution in [0.5, 0.6) is 0 Å². The molecule has 2 aromatic carbocycles. The lowest BCUT2D eigenvalue weighted by Gasteiger charge is -2.28. The van der Waals surface area contributed by atoms with Crippen molar-refractivity contribution in [2.75, 3.05) is 10.6 Å². The van der Waals surface area contributed by atoms with Gasteiger partial charge in [0.2, 0.25) is 5.91 Å². The van der Waals surface area contributed by atoms with E-state index in [4.69, 9.17) is 4.74 Å². The minimum absolute atomic E-state index is 0.000465. The molecule has 2 amide bonds. The van der Waals surface area contributed by atoms with E-state index in [1.165, 1.54) is 10.1 Å². The summed E-state index contributed by atoms with van der Waals surface area (Å²) in [7, 11) is 0. The van der Waals surface area contributed by atoms with Crippen LogP contribution < -0.4 is 27.1 Å². The number of anilines is 2. The third-order valence-electron chi connectivity index (χ3n) is 13.9. The van der Waals surface area contributed by atoms with Crippen LogP contribution in [0, 0.1) is 11.8 Å². The molecule has 0 saturated heterocycles. The molecule has 4 aliphatic rings. The summed E-state index contributed by atoms with van der Waals surface area (Å²) in [5.41, 5.74) is 4.42. The topological polar surface area (TPSA) is 190 Å². The number of aromatic nitrogens is 4. The number of carboxylic acid groups (broad SMARTS) is 1. The zero-order valence-electron chi connectivity index (χ0n) is 37.9. The standard InChI is InChI=1S/C50H58N8O7S/c1-5-32-19-38(57-40(32)25-53-43(46(57)60)51-22-29-11-8-7-9-12-29)45(59)55-24-37-18-36-27-56(28-42(36)66-37)49(64)65-50(3,4)21-35-17-34(35)16-30-13-10-14-31(15-30)23-52-44-47(61)58-39(48(62)63)20-33(6-2)41(58)26-54-44/h7-15,18,25-26,32-35,38-39H,5-6,16-17,19-24,27-28H2,1-4H3,(H,51,53)(H,52,54)(H,55,59)(H,62,63)/t32-,33-,34?,35+,38-,39-/m0/s1. The Morgan fingerprint density at radius 2 is 1.39 bits per heavy atom. The molecule has 1 unspecified atom stereocenters. The molecule has 0 bridgehead atoms. The highest BCUT2D eigenvalue weighted by Gasteiger charge is 2.43. The second-order valence-electron chi connectivity index (χ2n) is 19.0.